The maximum atomic E-state index is 12.0. The number of hydrogen-bond acceptors (Lipinski definition) is 3. The zero-order valence-electron chi connectivity index (χ0n) is 10.8. The zero-order chi connectivity index (χ0) is 13.9. The summed E-state index contributed by atoms with van der Waals surface area (Å²) in [4.78, 5) is 27.2. The van der Waals surface area contributed by atoms with E-state index in [-0.39, 0.29) is 11.8 Å². The van der Waals surface area contributed by atoms with E-state index in [1.807, 2.05) is 16.8 Å². The molecule has 6 nitrogen and oxygen atoms in total. The van der Waals surface area contributed by atoms with E-state index in [0.29, 0.717) is 25.1 Å². The molecule has 1 aromatic carbocycles. The quantitative estimate of drug-likeness (QED) is 0.863. The number of imidazole rings is 1. The maximum Gasteiger partial charge on any atom is 0.251 e. The van der Waals surface area contributed by atoms with Gasteiger partial charge in [-0.15, -0.1) is 0 Å². The number of carbonyl (C=O) groups is 2. The van der Waals surface area contributed by atoms with Crippen molar-refractivity contribution in [2.75, 3.05) is 11.9 Å². The van der Waals surface area contributed by atoms with Crippen LogP contribution in [0.3, 0.4) is 0 Å². The predicted octanol–water partition coefficient (Wildman–Crippen LogP) is 0.808. The molecule has 0 saturated heterocycles. The van der Waals surface area contributed by atoms with Crippen molar-refractivity contribution < 1.29 is 9.59 Å². The average molecular weight is 270 g/mol. The van der Waals surface area contributed by atoms with Crippen LogP contribution in [-0.4, -0.2) is 27.9 Å². The number of nitrogens with zero attached hydrogens (tertiary/aromatic N) is 2. The first-order valence-electron chi connectivity index (χ1n) is 6.39. The van der Waals surface area contributed by atoms with E-state index in [0.717, 1.165) is 11.3 Å². The standard InChI is InChI=1S/C14H14N4O2/c19-13-8-10-1-2-11(7-12(10)17-13)14(20)16-4-6-18-5-3-15-9-18/h1-3,5,7,9H,4,6,8H2,(H,16,20)(H,17,19). The number of carbonyl (C=O) groups excluding carboxylic acids is 2. The monoisotopic (exact) mass is 270 g/mol. The van der Waals surface area contributed by atoms with E-state index in [2.05, 4.69) is 15.6 Å². The first-order chi connectivity index (χ1) is 9.72. The van der Waals surface area contributed by atoms with Crippen LogP contribution in [0.5, 0.6) is 0 Å². The van der Waals surface area contributed by atoms with Gasteiger partial charge in [0, 0.05) is 36.7 Å². The molecular weight excluding hydrogens is 256 g/mol. The summed E-state index contributed by atoms with van der Waals surface area (Å²) < 4.78 is 1.89. The first-order valence-corrected chi connectivity index (χ1v) is 6.39. The number of fused-ring (bicyclic) bond motifs is 1. The number of nitrogens with one attached hydrogen (secondary N) is 2. The van der Waals surface area contributed by atoms with Gasteiger partial charge in [0.15, 0.2) is 0 Å². The summed E-state index contributed by atoms with van der Waals surface area (Å²) in [6, 6.07) is 5.27. The first kappa shape index (κ1) is 12.4. The third-order valence-electron chi connectivity index (χ3n) is 3.21. The molecule has 20 heavy (non-hydrogen) atoms. The van der Waals surface area contributed by atoms with Crippen molar-refractivity contribution in [2.45, 2.75) is 13.0 Å². The van der Waals surface area contributed by atoms with Crippen molar-refractivity contribution in [2.24, 2.45) is 0 Å². The highest BCUT2D eigenvalue weighted by molar-refractivity contribution is 6.02. The molecule has 3 rings (SSSR count). The lowest BCUT2D eigenvalue weighted by molar-refractivity contribution is -0.115. The maximum absolute atomic E-state index is 12.0. The van der Waals surface area contributed by atoms with E-state index in [4.69, 9.17) is 0 Å². The number of hydrogen-bond donors (Lipinski definition) is 2. The van der Waals surface area contributed by atoms with Crippen molar-refractivity contribution in [1.29, 1.82) is 0 Å². The molecule has 102 valence electrons. The van der Waals surface area contributed by atoms with Crippen LogP contribution in [0.1, 0.15) is 15.9 Å². The fourth-order valence-corrected chi connectivity index (χ4v) is 2.18. The highest BCUT2D eigenvalue weighted by Crippen LogP contribution is 2.23. The molecule has 1 aliphatic rings. The normalized spacial score (nSPS) is 12.9. The number of rotatable bonds is 4. The summed E-state index contributed by atoms with van der Waals surface area (Å²) in [5.41, 5.74) is 2.22. The van der Waals surface area contributed by atoms with E-state index in [9.17, 15) is 9.59 Å². The molecule has 0 atom stereocenters. The Morgan fingerprint density at radius 3 is 3.15 bits per heavy atom. The number of benzene rings is 1. The Morgan fingerprint density at radius 2 is 2.35 bits per heavy atom. The Bertz CT molecular complexity index is 649. The van der Waals surface area contributed by atoms with Crippen LogP contribution in [0.2, 0.25) is 0 Å². The summed E-state index contributed by atoms with van der Waals surface area (Å²) in [5, 5.41) is 5.58. The topological polar surface area (TPSA) is 76.0 Å². The fourth-order valence-electron chi connectivity index (χ4n) is 2.18. The minimum absolute atomic E-state index is 0.0299. The SMILES string of the molecule is O=C1Cc2ccc(C(=O)NCCn3ccnc3)cc2N1. The van der Waals surface area contributed by atoms with Gasteiger partial charge in [-0.25, -0.2) is 4.98 Å². The van der Waals surface area contributed by atoms with E-state index >= 15 is 0 Å². The fraction of sp³-hybridized carbons (Fsp3) is 0.214. The minimum Gasteiger partial charge on any atom is -0.350 e. The van der Waals surface area contributed by atoms with Crippen LogP contribution < -0.4 is 10.6 Å². The summed E-state index contributed by atoms with van der Waals surface area (Å²) in [7, 11) is 0. The van der Waals surface area contributed by atoms with Gasteiger partial charge in [-0.2, -0.15) is 0 Å². The smallest absolute Gasteiger partial charge is 0.251 e. The Hall–Kier alpha value is -2.63. The van der Waals surface area contributed by atoms with E-state index in [1.54, 1.807) is 24.7 Å². The molecule has 0 unspecified atom stereocenters. The summed E-state index contributed by atoms with van der Waals surface area (Å²) >= 11 is 0. The van der Waals surface area contributed by atoms with Crippen molar-refractivity contribution in [3.63, 3.8) is 0 Å². The third kappa shape index (κ3) is 2.54. The van der Waals surface area contributed by atoms with Gasteiger partial charge in [0.1, 0.15) is 0 Å². The Kier molecular flexibility index (Phi) is 3.20. The van der Waals surface area contributed by atoms with Gasteiger partial charge in [0.2, 0.25) is 5.91 Å². The van der Waals surface area contributed by atoms with Gasteiger partial charge >= 0.3 is 0 Å². The second-order valence-corrected chi connectivity index (χ2v) is 4.65. The summed E-state index contributed by atoms with van der Waals surface area (Å²) in [6.07, 6.45) is 5.64. The van der Waals surface area contributed by atoms with Crippen LogP contribution in [0, 0.1) is 0 Å². The molecule has 0 bridgehead atoms. The molecule has 2 N–H and O–H groups in total. The second kappa shape index (κ2) is 5.16. The predicted molar refractivity (Wildman–Crippen MR) is 73.3 cm³/mol. The van der Waals surface area contributed by atoms with Crippen molar-refractivity contribution in [1.82, 2.24) is 14.9 Å². The van der Waals surface area contributed by atoms with Gasteiger partial charge in [-0.1, -0.05) is 6.07 Å². The molecule has 1 aliphatic heterocycles. The molecule has 2 amide bonds. The van der Waals surface area contributed by atoms with Gasteiger partial charge in [-0.05, 0) is 17.7 Å². The zero-order valence-corrected chi connectivity index (χ0v) is 10.8. The lowest BCUT2D eigenvalue weighted by Crippen LogP contribution is -2.27. The van der Waals surface area contributed by atoms with Crippen LogP contribution in [0.4, 0.5) is 5.69 Å². The molecule has 0 radical (unpaired) electrons. The van der Waals surface area contributed by atoms with Gasteiger partial charge in [0.05, 0.1) is 12.7 Å². The van der Waals surface area contributed by atoms with Crippen LogP contribution in [0.25, 0.3) is 0 Å². The minimum atomic E-state index is -0.144. The lowest BCUT2D eigenvalue weighted by Gasteiger charge is -2.07. The highest BCUT2D eigenvalue weighted by Gasteiger charge is 2.18. The summed E-state index contributed by atoms with van der Waals surface area (Å²) in [6.45, 7) is 1.20. The number of anilines is 1. The Morgan fingerprint density at radius 1 is 1.45 bits per heavy atom. The van der Waals surface area contributed by atoms with Crippen molar-refractivity contribution in [3.8, 4) is 0 Å². The largest absolute Gasteiger partial charge is 0.350 e. The average Bonchev–Trinajstić information content (AvgIpc) is 3.05. The molecule has 6 heteroatoms. The van der Waals surface area contributed by atoms with Crippen molar-refractivity contribution >= 4 is 17.5 Å². The molecule has 0 aliphatic carbocycles. The Balaban J connectivity index is 1.60. The molecular formula is C14H14N4O2. The molecule has 2 aromatic rings. The second-order valence-electron chi connectivity index (χ2n) is 4.65. The molecule has 1 aromatic heterocycles. The third-order valence-corrected chi connectivity index (χ3v) is 3.21. The highest BCUT2D eigenvalue weighted by atomic mass is 16.2. The van der Waals surface area contributed by atoms with E-state index in [1.165, 1.54) is 0 Å². The van der Waals surface area contributed by atoms with Crippen LogP contribution >= 0.6 is 0 Å². The van der Waals surface area contributed by atoms with Gasteiger partial charge < -0.3 is 15.2 Å². The molecule has 0 spiro atoms. The van der Waals surface area contributed by atoms with Gasteiger partial charge in [-0.3, -0.25) is 9.59 Å². The molecule has 0 saturated carbocycles. The Labute approximate surface area is 115 Å². The lowest BCUT2D eigenvalue weighted by atomic mass is 10.1. The number of amides is 2. The summed E-state index contributed by atoms with van der Waals surface area (Å²) in [5.74, 6) is -0.174. The molecule has 2 heterocycles. The van der Waals surface area contributed by atoms with Crippen molar-refractivity contribution in [3.05, 3.63) is 48.0 Å². The number of aromatic nitrogens is 2. The molecule has 0 fully saturated rings. The van der Waals surface area contributed by atoms with Crippen LogP contribution in [-0.2, 0) is 17.8 Å². The van der Waals surface area contributed by atoms with E-state index < -0.39 is 0 Å². The van der Waals surface area contributed by atoms with Crippen LogP contribution in [0.15, 0.2) is 36.9 Å². The van der Waals surface area contributed by atoms with Gasteiger partial charge in [0.25, 0.3) is 5.91 Å².